The molecule has 72 valence electrons. The van der Waals surface area contributed by atoms with Crippen molar-refractivity contribution in [1.29, 1.82) is 0 Å². The van der Waals surface area contributed by atoms with Crippen molar-refractivity contribution in [2.45, 2.75) is 6.61 Å². The number of likely N-dealkylation sites (N-methyl/N-ethyl adjacent to an activating group) is 1. The Morgan fingerprint density at radius 1 is 1.46 bits per heavy atom. The summed E-state index contributed by atoms with van der Waals surface area (Å²) in [4.78, 5) is 0. The van der Waals surface area contributed by atoms with Gasteiger partial charge in [-0.05, 0) is 24.7 Å². The second-order valence-electron chi connectivity index (χ2n) is 2.83. The van der Waals surface area contributed by atoms with E-state index in [0.29, 0.717) is 13.2 Å². The molecule has 0 amide bonds. The smallest absolute Gasteiger partial charge is 0.115 e. The number of nitrogens with one attached hydrogen (secondary N) is 1. The molecule has 0 aromatic heterocycles. The standard InChI is InChI=1S/C10H15NO2/c1-11-5-6-13-8-9-3-2-4-10(12)7-9/h2-4,7,11-12H,5-6,8H2,1H3. The number of rotatable bonds is 5. The van der Waals surface area contributed by atoms with E-state index in [2.05, 4.69) is 5.32 Å². The maximum absolute atomic E-state index is 9.15. The van der Waals surface area contributed by atoms with E-state index in [9.17, 15) is 0 Å². The van der Waals surface area contributed by atoms with Gasteiger partial charge in [0.15, 0.2) is 0 Å². The molecule has 0 aliphatic carbocycles. The van der Waals surface area contributed by atoms with Crippen molar-refractivity contribution in [3.05, 3.63) is 29.8 Å². The largest absolute Gasteiger partial charge is 0.508 e. The van der Waals surface area contributed by atoms with Crippen LogP contribution in [0.3, 0.4) is 0 Å². The predicted octanol–water partition coefficient (Wildman–Crippen LogP) is 1.13. The van der Waals surface area contributed by atoms with E-state index >= 15 is 0 Å². The number of benzene rings is 1. The lowest BCUT2D eigenvalue weighted by Crippen LogP contribution is -2.13. The third-order valence-corrected chi connectivity index (χ3v) is 1.68. The van der Waals surface area contributed by atoms with Crippen molar-refractivity contribution < 1.29 is 9.84 Å². The van der Waals surface area contributed by atoms with Crippen LogP contribution in [0.15, 0.2) is 24.3 Å². The highest BCUT2D eigenvalue weighted by molar-refractivity contribution is 5.26. The molecule has 0 atom stereocenters. The molecule has 0 saturated carbocycles. The molecule has 0 saturated heterocycles. The topological polar surface area (TPSA) is 41.5 Å². The van der Waals surface area contributed by atoms with Crippen molar-refractivity contribution in [3.8, 4) is 5.75 Å². The molecule has 1 aromatic rings. The van der Waals surface area contributed by atoms with E-state index < -0.39 is 0 Å². The highest BCUT2D eigenvalue weighted by Gasteiger charge is 1.93. The molecule has 1 aromatic carbocycles. The minimum absolute atomic E-state index is 0.287. The average molecular weight is 181 g/mol. The number of aromatic hydroxyl groups is 1. The van der Waals surface area contributed by atoms with E-state index in [-0.39, 0.29) is 5.75 Å². The summed E-state index contributed by atoms with van der Waals surface area (Å²) in [6.07, 6.45) is 0. The van der Waals surface area contributed by atoms with Gasteiger partial charge in [0.1, 0.15) is 5.75 Å². The number of ether oxygens (including phenoxy) is 1. The van der Waals surface area contributed by atoms with Crippen LogP contribution in [0.25, 0.3) is 0 Å². The summed E-state index contributed by atoms with van der Waals surface area (Å²) in [5.41, 5.74) is 0.996. The molecule has 13 heavy (non-hydrogen) atoms. The molecule has 0 heterocycles. The lowest BCUT2D eigenvalue weighted by Gasteiger charge is -2.03. The van der Waals surface area contributed by atoms with Gasteiger partial charge in [-0.3, -0.25) is 0 Å². The SMILES string of the molecule is CNCCOCc1cccc(O)c1. The van der Waals surface area contributed by atoms with Crippen LogP contribution < -0.4 is 5.32 Å². The Bertz CT molecular complexity index is 250. The van der Waals surface area contributed by atoms with Gasteiger partial charge in [-0.25, -0.2) is 0 Å². The fraction of sp³-hybridized carbons (Fsp3) is 0.400. The number of hydrogen-bond donors (Lipinski definition) is 2. The zero-order valence-corrected chi connectivity index (χ0v) is 7.79. The summed E-state index contributed by atoms with van der Waals surface area (Å²) < 4.78 is 5.34. The molecule has 0 aliphatic heterocycles. The minimum atomic E-state index is 0.287. The van der Waals surface area contributed by atoms with Gasteiger partial charge in [0, 0.05) is 6.54 Å². The van der Waals surface area contributed by atoms with Crippen molar-refractivity contribution in [2.24, 2.45) is 0 Å². The van der Waals surface area contributed by atoms with Crippen LogP contribution in [-0.4, -0.2) is 25.3 Å². The van der Waals surface area contributed by atoms with Gasteiger partial charge < -0.3 is 15.2 Å². The molecule has 0 bridgehead atoms. The Morgan fingerprint density at radius 3 is 3.00 bits per heavy atom. The van der Waals surface area contributed by atoms with E-state index in [1.54, 1.807) is 12.1 Å². The minimum Gasteiger partial charge on any atom is -0.508 e. The summed E-state index contributed by atoms with van der Waals surface area (Å²) >= 11 is 0. The van der Waals surface area contributed by atoms with Gasteiger partial charge in [-0.1, -0.05) is 12.1 Å². The first kappa shape index (κ1) is 10.0. The molecule has 3 nitrogen and oxygen atoms in total. The lowest BCUT2D eigenvalue weighted by molar-refractivity contribution is 0.124. The summed E-state index contributed by atoms with van der Waals surface area (Å²) in [7, 11) is 1.89. The van der Waals surface area contributed by atoms with Crippen molar-refractivity contribution in [2.75, 3.05) is 20.2 Å². The number of phenols is 1. The zero-order valence-electron chi connectivity index (χ0n) is 7.79. The van der Waals surface area contributed by atoms with Crippen LogP contribution >= 0.6 is 0 Å². The second kappa shape index (κ2) is 5.56. The van der Waals surface area contributed by atoms with Crippen LogP contribution in [0.5, 0.6) is 5.75 Å². The zero-order chi connectivity index (χ0) is 9.52. The maximum Gasteiger partial charge on any atom is 0.115 e. The number of phenolic OH excluding ortho intramolecular Hbond substituents is 1. The Kier molecular flexibility index (Phi) is 4.29. The molecule has 3 heteroatoms. The quantitative estimate of drug-likeness (QED) is 0.669. The van der Waals surface area contributed by atoms with Gasteiger partial charge in [-0.15, -0.1) is 0 Å². The van der Waals surface area contributed by atoms with E-state index in [4.69, 9.17) is 9.84 Å². The summed E-state index contributed by atoms with van der Waals surface area (Å²) in [5.74, 6) is 0.287. The van der Waals surface area contributed by atoms with Gasteiger partial charge in [0.05, 0.1) is 13.2 Å². The number of hydrogen-bond acceptors (Lipinski definition) is 3. The fourth-order valence-corrected chi connectivity index (χ4v) is 1.01. The molecule has 0 aliphatic rings. The molecule has 0 spiro atoms. The molecule has 1 rings (SSSR count). The van der Waals surface area contributed by atoms with Gasteiger partial charge in [0.2, 0.25) is 0 Å². The molecule has 2 N–H and O–H groups in total. The summed E-state index contributed by atoms with van der Waals surface area (Å²) in [5, 5.41) is 12.1. The predicted molar refractivity (Wildman–Crippen MR) is 51.7 cm³/mol. The van der Waals surface area contributed by atoms with Gasteiger partial charge in [-0.2, -0.15) is 0 Å². The van der Waals surface area contributed by atoms with E-state index in [0.717, 1.165) is 12.1 Å². The molecule has 0 radical (unpaired) electrons. The van der Waals surface area contributed by atoms with Crippen LogP contribution in [-0.2, 0) is 11.3 Å². The third-order valence-electron chi connectivity index (χ3n) is 1.68. The highest BCUT2D eigenvalue weighted by atomic mass is 16.5. The summed E-state index contributed by atoms with van der Waals surface area (Å²) in [6, 6.07) is 7.10. The van der Waals surface area contributed by atoms with E-state index in [1.807, 2.05) is 19.2 Å². The summed E-state index contributed by atoms with van der Waals surface area (Å²) in [6.45, 7) is 2.08. The van der Waals surface area contributed by atoms with E-state index in [1.165, 1.54) is 0 Å². The van der Waals surface area contributed by atoms with Crippen LogP contribution in [0.2, 0.25) is 0 Å². The Balaban J connectivity index is 2.28. The fourth-order valence-electron chi connectivity index (χ4n) is 1.01. The van der Waals surface area contributed by atoms with Crippen LogP contribution in [0.4, 0.5) is 0 Å². The monoisotopic (exact) mass is 181 g/mol. The molecular formula is C10H15NO2. The van der Waals surface area contributed by atoms with Crippen molar-refractivity contribution >= 4 is 0 Å². The van der Waals surface area contributed by atoms with Crippen LogP contribution in [0.1, 0.15) is 5.56 Å². The molecule has 0 unspecified atom stereocenters. The second-order valence-corrected chi connectivity index (χ2v) is 2.83. The first-order valence-corrected chi connectivity index (χ1v) is 4.33. The highest BCUT2D eigenvalue weighted by Crippen LogP contribution is 2.11. The van der Waals surface area contributed by atoms with Crippen molar-refractivity contribution in [1.82, 2.24) is 5.32 Å². The Labute approximate surface area is 78.3 Å². The van der Waals surface area contributed by atoms with Crippen molar-refractivity contribution in [3.63, 3.8) is 0 Å². The third kappa shape index (κ3) is 3.92. The van der Waals surface area contributed by atoms with Gasteiger partial charge in [0.25, 0.3) is 0 Å². The van der Waals surface area contributed by atoms with Gasteiger partial charge >= 0.3 is 0 Å². The Hall–Kier alpha value is -1.06. The maximum atomic E-state index is 9.15. The lowest BCUT2D eigenvalue weighted by atomic mass is 10.2. The molecule has 0 fully saturated rings. The normalized spacial score (nSPS) is 10.2. The molecular weight excluding hydrogens is 166 g/mol. The average Bonchev–Trinajstić information content (AvgIpc) is 2.13. The van der Waals surface area contributed by atoms with Crippen LogP contribution in [0, 0.1) is 0 Å². The first-order valence-electron chi connectivity index (χ1n) is 4.33. The first-order chi connectivity index (χ1) is 6.33. The Morgan fingerprint density at radius 2 is 2.31 bits per heavy atom.